The molecule has 0 saturated carbocycles. The molecule has 1 aromatic heterocycles. The third-order valence-electron chi connectivity index (χ3n) is 3.04. The van der Waals surface area contributed by atoms with Crippen molar-refractivity contribution in [2.45, 2.75) is 25.0 Å². The summed E-state index contributed by atoms with van der Waals surface area (Å²) in [6, 6.07) is 9.75. The molecule has 2 rings (SSSR count). The van der Waals surface area contributed by atoms with Gasteiger partial charge in [-0.05, 0) is 18.9 Å². The van der Waals surface area contributed by atoms with Gasteiger partial charge in [0.15, 0.2) is 5.16 Å². The van der Waals surface area contributed by atoms with Crippen LogP contribution in [0.5, 0.6) is 0 Å². The van der Waals surface area contributed by atoms with Gasteiger partial charge in [-0.2, -0.15) is 0 Å². The lowest BCUT2D eigenvalue weighted by Gasteiger charge is -2.06. The van der Waals surface area contributed by atoms with Gasteiger partial charge in [0.25, 0.3) is 0 Å². The molecule has 0 atom stereocenters. The number of benzene rings is 1. The number of hydrogen-bond donors (Lipinski definition) is 2. The minimum atomic E-state index is -0.786. The summed E-state index contributed by atoms with van der Waals surface area (Å²) in [4.78, 5) is 34.6. The van der Waals surface area contributed by atoms with Crippen LogP contribution in [0.4, 0.5) is 4.79 Å². The Labute approximate surface area is 142 Å². The fourth-order valence-corrected chi connectivity index (χ4v) is 2.72. The first kappa shape index (κ1) is 17.8. The number of carbonyl (C=O) groups is 2. The van der Waals surface area contributed by atoms with E-state index in [1.807, 2.05) is 30.3 Å². The molecule has 2 aromatic rings. The molecule has 2 amide bonds. The maximum atomic E-state index is 11.8. The van der Waals surface area contributed by atoms with Gasteiger partial charge in [0, 0.05) is 6.54 Å². The average molecular weight is 350 g/mol. The zero-order valence-corrected chi connectivity index (χ0v) is 14.0. The molecule has 0 saturated heterocycles. The standard InChI is InChI=1S/C15H18N4O4S/c1-2-23-15(22)16-12(20)10-24-14-18-17-13(21)19(14)9-8-11-6-4-3-5-7-11/h3-7H,2,8-10H2,1H3,(H,17,21)(H,16,20,22). The minimum Gasteiger partial charge on any atom is -0.450 e. The maximum Gasteiger partial charge on any atom is 0.413 e. The highest BCUT2D eigenvalue weighted by atomic mass is 32.2. The monoisotopic (exact) mass is 350 g/mol. The number of ether oxygens (including phenoxy) is 1. The van der Waals surface area contributed by atoms with E-state index in [0.717, 1.165) is 17.3 Å². The summed E-state index contributed by atoms with van der Waals surface area (Å²) in [6.45, 7) is 2.28. The zero-order valence-electron chi connectivity index (χ0n) is 13.2. The predicted molar refractivity (Wildman–Crippen MR) is 88.9 cm³/mol. The van der Waals surface area contributed by atoms with E-state index >= 15 is 0 Å². The molecule has 0 fully saturated rings. The van der Waals surface area contributed by atoms with Crippen LogP contribution in [0.1, 0.15) is 12.5 Å². The van der Waals surface area contributed by atoms with Crippen molar-refractivity contribution in [3.8, 4) is 0 Å². The van der Waals surface area contributed by atoms with Crippen molar-refractivity contribution in [3.63, 3.8) is 0 Å². The molecule has 0 spiro atoms. The van der Waals surface area contributed by atoms with E-state index in [9.17, 15) is 14.4 Å². The van der Waals surface area contributed by atoms with E-state index in [1.54, 1.807) is 6.92 Å². The number of imide groups is 1. The summed E-state index contributed by atoms with van der Waals surface area (Å²) in [5.41, 5.74) is 0.765. The van der Waals surface area contributed by atoms with Gasteiger partial charge in [0.05, 0.1) is 12.4 Å². The van der Waals surface area contributed by atoms with Crippen LogP contribution in [-0.4, -0.2) is 39.1 Å². The van der Waals surface area contributed by atoms with E-state index in [1.165, 1.54) is 4.57 Å². The van der Waals surface area contributed by atoms with Gasteiger partial charge in [0.1, 0.15) is 0 Å². The van der Waals surface area contributed by atoms with Crippen LogP contribution in [0.3, 0.4) is 0 Å². The summed E-state index contributed by atoms with van der Waals surface area (Å²) >= 11 is 1.07. The second kappa shape index (κ2) is 8.92. The molecule has 0 unspecified atom stereocenters. The number of rotatable bonds is 7. The quantitative estimate of drug-likeness (QED) is 0.726. The van der Waals surface area contributed by atoms with Crippen molar-refractivity contribution >= 4 is 23.8 Å². The SMILES string of the molecule is CCOC(=O)NC(=O)CSc1n[nH]c(=O)n1CCc1ccccc1. The van der Waals surface area contributed by atoms with Gasteiger partial charge >= 0.3 is 11.8 Å². The Balaban J connectivity index is 1.91. The number of hydrogen-bond acceptors (Lipinski definition) is 6. The van der Waals surface area contributed by atoms with E-state index in [-0.39, 0.29) is 18.0 Å². The summed E-state index contributed by atoms with van der Waals surface area (Å²) in [6.07, 6.45) is -0.116. The smallest absolute Gasteiger partial charge is 0.413 e. The predicted octanol–water partition coefficient (Wildman–Crippen LogP) is 1.18. The number of nitrogens with one attached hydrogen (secondary N) is 2. The van der Waals surface area contributed by atoms with Crippen molar-refractivity contribution in [1.82, 2.24) is 20.1 Å². The van der Waals surface area contributed by atoms with E-state index in [2.05, 4.69) is 20.3 Å². The van der Waals surface area contributed by atoms with E-state index in [4.69, 9.17) is 0 Å². The van der Waals surface area contributed by atoms with Crippen molar-refractivity contribution in [2.75, 3.05) is 12.4 Å². The Morgan fingerprint density at radius 1 is 1.33 bits per heavy atom. The lowest BCUT2D eigenvalue weighted by Crippen LogP contribution is -2.32. The molecule has 1 heterocycles. The molecule has 0 aliphatic heterocycles. The van der Waals surface area contributed by atoms with Gasteiger partial charge in [-0.25, -0.2) is 14.7 Å². The highest BCUT2D eigenvalue weighted by Crippen LogP contribution is 2.13. The van der Waals surface area contributed by atoms with E-state index in [0.29, 0.717) is 18.1 Å². The first-order valence-corrected chi connectivity index (χ1v) is 8.37. The molecule has 0 radical (unpaired) electrons. The summed E-state index contributed by atoms with van der Waals surface area (Å²) in [5.74, 6) is -0.558. The van der Waals surface area contributed by atoms with Crippen LogP contribution in [0.25, 0.3) is 0 Å². The number of alkyl carbamates (subject to hydrolysis) is 1. The highest BCUT2D eigenvalue weighted by Gasteiger charge is 2.13. The number of aromatic amines is 1. The highest BCUT2D eigenvalue weighted by molar-refractivity contribution is 7.99. The molecule has 0 bridgehead atoms. The van der Waals surface area contributed by atoms with Gasteiger partial charge in [-0.1, -0.05) is 42.1 Å². The molecule has 8 nitrogen and oxygen atoms in total. The molecule has 128 valence electrons. The van der Waals surface area contributed by atoms with Gasteiger partial charge in [-0.3, -0.25) is 14.7 Å². The van der Waals surface area contributed by atoms with Crippen molar-refractivity contribution in [2.24, 2.45) is 0 Å². The van der Waals surface area contributed by atoms with Crippen LogP contribution in [0.2, 0.25) is 0 Å². The Morgan fingerprint density at radius 3 is 2.79 bits per heavy atom. The number of carbonyl (C=O) groups excluding carboxylic acids is 2. The normalized spacial score (nSPS) is 10.4. The summed E-state index contributed by atoms with van der Waals surface area (Å²) in [7, 11) is 0. The topological polar surface area (TPSA) is 106 Å². The Hall–Kier alpha value is -2.55. The lowest BCUT2D eigenvalue weighted by atomic mass is 10.1. The first-order chi connectivity index (χ1) is 11.6. The molecule has 24 heavy (non-hydrogen) atoms. The van der Waals surface area contributed by atoms with E-state index < -0.39 is 12.0 Å². The summed E-state index contributed by atoms with van der Waals surface area (Å²) < 4.78 is 6.09. The fraction of sp³-hybridized carbons (Fsp3) is 0.333. The molecule has 1 aromatic carbocycles. The number of amides is 2. The lowest BCUT2D eigenvalue weighted by molar-refractivity contribution is -0.117. The Bertz CT molecular complexity index is 741. The van der Waals surface area contributed by atoms with Crippen LogP contribution in [-0.2, 0) is 22.5 Å². The fourth-order valence-electron chi connectivity index (χ4n) is 1.94. The molecule has 0 aliphatic carbocycles. The van der Waals surface area contributed by atoms with Crippen LogP contribution in [0, 0.1) is 0 Å². The number of H-pyrrole nitrogens is 1. The largest absolute Gasteiger partial charge is 0.450 e. The van der Waals surface area contributed by atoms with Crippen molar-refractivity contribution in [3.05, 3.63) is 46.4 Å². The number of nitrogens with zero attached hydrogens (tertiary/aromatic N) is 2. The number of aromatic nitrogens is 3. The first-order valence-electron chi connectivity index (χ1n) is 7.38. The second-order valence-electron chi connectivity index (χ2n) is 4.76. The number of thioether (sulfide) groups is 1. The second-order valence-corrected chi connectivity index (χ2v) is 5.70. The van der Waals surface area contributed by atoms with Crippen LogP contribution >= 0.6 is 11.8 Å². The third-order valence-corrected chi connectivity index (χ3v) is 4.02. The minimum absolute atomic E-state index is 0.0472. The third kappa shape index (κ3) is 5.27. The molecule has 0 aliphatic rings. The van der Waals surface area contributed by atoms with Gasteiger partial charge in [0.2, 0.25) is 5.91 Å². The van der Waals surface area contributed by atoms with Crippen molar-refractivity contribution < 1.29 is 14.3 Å². The average Bonchev–Trinajstić information content (AvgIpc) is 2.92. The molecule has 2 N–H and O–H groups in total. The molecular formula is C15H18N4O4S. The Morgan fingerprint density at radius 2 is 2.08 bits per heavy atom. The zero-order chi connectivity index (χ0) is 17.4. The van der Waals surface area contributed by atoms with Gasteiger partial charge in [-0.15, -0.1) is 5.10 Å². The van der Waals surface area contributed by atoms with Crippen LogP contribution in [0.15, 0.2) is 40.3 Å². The summed E-state index contributed by atoms with van der Waals surface area (Å²) in [5, 5.41) is 8.77. The Kier molecular flexibility index (Phi) is 6.62. The maximum absolute atomic E-state index is 11.8. The van der Waals surface area contributed by atoms with Crippen LogP contribution < -0.4 is 11.0 Å². The van der Waals surface area contributed by atoms with Gasteiger partial charge < -0.3 is 4.74 Å². The molecule has 9 heteroatoms. The molecular weight excluding hydrogens is 332 g/mol. The number of aryl methyl sites for hydroxylation is 1. The van der Waals surface area contributed by atoms with Crippen molar-refractivity contribution in [1.29, 1.82) is 0 Å².